The Morgan fingerprint density at radius 2 is 1.73 bits per heavy atom. The molecular formula is C20H30N2O3S. The van der Waals surface area contributed by atoms with Gasteiger partial charge in [0.2, 0.25) is 15.9 Å². The lowest BCUT2D eigenvalue weighted by Crippen LogP contribution is -2.50. The highest BCUT2D eigenvalue weighted by Crippen LogP contribution is 2.44. The van der Waals surface area contributed by atoms with E-state index < -0.39 is 15.4 Å². The average Bonchev–Trinajstić information content (AvgIpc) is 2.61. The normalized spacial score (nSPS) is 20.2. The minimum atomic E-state index is -3.28. The summed E-state index contributed by atoms with van der Waals surface area (Å²) in [5, 5.41) is 3.21. The van der Waals surface area contributed by atoms with Gasteiger partial charge in [0.25, 0.3) is 0 Å². The summed E-state index contributed by atoms with van der Waals surface area (Å²) in [4.78, 5) is 12.9. The first-order valence-corrected chi connectivity index (χ1v) is 11.5. The second kappa shape index (κ2) is 7.99. The molecule has 6 heteroatoms. The van der Waals surface area contributed by atoms with Crippen LogP contribution in [0.25, 0.3) is 0 Å². The predicted molar refractivity (Wildman–Crippen MR) is 105 cm³/mol. The molecule has 3 rings (SSSR count). The van der Waals surface area contributed by atoms with Gasteiger partial charge in [-0.2, -0.15) is 0 Å². The molecule has 0 saturated heterocycles. The van der Waals surface area contributed by atoms with Crippen LogP contribution in [0.5, 0.6) is 0 Å². The zero-order valence-corrected chi connectivity index (χ0v) is 16.4. The predicted octanol–water partition coefficient (Wildman–Crippen LogP) is 3.57. The smallest absolute Gasteiger partial charge is 0.232 e. The van der Waals surface area contributed by atoms with Crippen molar-refractivity contribution in [1.82, 2.24) is 5.32 Å². The number of anilines is 1. The maximum atomic E-state index is 12.9. The quantitative estimate of drug-likeness (QED) is 0.762. The van der Waals surface area contributed by atoms with Crippen molar-refractivity contribution in [2.45, 2.75) is 63.7 Å². The maximum absolute atomic E-state index is 12.9. The Morgan fingerprint density at radius 3 is 2.27 bits per heavy atom. The molecule has 2 fully saturated rings. The lowest BCUT2D eigenvalue weighted by Gasteiger charge is -2.41. The summed E-state index contributed by atoms with van der Waals surface area (Å²) in [7, 11) is -3.28. The Labute approximate surface area is 157 Å². The number of hydrogen-bond acceptors (Lipinski definition) is 3. The Morgan fingerprint density at radius 1 is 1.08 bits per heavy atom. The summed E-state index contributed by atoms with van der Waals surface area (Å²) in [5.74, 6) is 0.800. The molecule has 0 radical (unpaired) electrons. The molecule has 0 spiro atoms. The van der Waals surface area contributed by atoms with E-state index in [0.717, 1.165) is 31.4 Å². The molecule has 144 valence electrons. The molecule has 2 saturated carbocycles. The van der Waals surface area contributed by atoms with Crippen LogP contribution in [0.4, 0.5) is 5.69 Å². The van der Waals surface area contributed by atoms with Gasteiger partial charge in [-0.15, -0.1) is 0 Å². The third-order valence-corrected chi connectivity index (χ3v) is 7.32. The molecule has 0 atom stereocenters. The zero-order valence-electron chi connectivity index (χ0n) is 15.6. The highest BCUT2D eigenvalue weighted by atomic mass is 32.2. The van der Waals surface area contributed by atoms with Crippen molar-refractivity contribution in [3.63, 3.8) is 0 Å². The van der Waals surface area contributed by atoms with Crippen LogP contribution in [0.2, 0.25) is 0 Å². The number of carbonyl (C=O) groups excluding carboxylic acids is 1. The van der Waals surface area contributed by atoms with E-state index in [0.29, 0.717) is 11.6 Å². The van der Waals surface area contributed by atoms with Gasteiger partial charge in [0.05, 0.1) is 11.2 Å². The summed E-state index contributed by atoms with van der Waals surface area (Å²) >= 11 is 0. The largest absolute Gasteiger partial charge is 0.355 e. The molecule has 0 aliphatic heterocycles. The Bertz CT molecular complexity index is 718. The molecule has 1 aromatic carbocycles. The number of amides is 1. The summed E-state index contributed by atoms with van der Waals surface area (Å²) in [6.07, 6.45) is 9.11. The molecule has 1 aromatic rings. The topological polar surface area (TPSA) is 75.3 Å². The van der Waals surface area contributed by atoms with Gasteiger partial charge in [-0.25, -0.2) is 8.42 Å². The van der Waals surface area contributed by atoms with E-state index in [1.807, 2.05) is 12.1 Å². The van der Waals surface area contributed by atoms with Crippen molar-refractivity contribution in [1.29, 1.82) is 0 Å². The van der Waals surface area contributed by atoms with Crippen molar-refractivity contribution in [2.75, 3.05) is 17.0 Å². The van der Waals surface area contributed by atoms with E-state index in [9.17, 15) is 13.2 Å². The van der Waals surface area contributed by atoms with Crippen molar-refractivity contribution in [3.8, 4) is 0 Å². The van der Waals surface area contributed by atoms with Gasteiger partial charge in [-0.1, -0.05) is 37.8 Å². The van der Waals surface area contributed by atoms with E-state index in [1.54, 1.807) is 19.1 Å². The van der Waals surface area contributed by atoms with Crippen LogP contribution >= 0.6 is 0 Å². The lowest BCUT2D eigenvalue weighted by molar-refractivity contribution is -0.130. The first kappa shape index (κ1) is 19.2. The van der Waals surface area contributed by atoms with Crippen molar-refractivity contribution >= 4 is 21.6 Å². The van der Waals surface area contributed by atoms with Crippen LogP contribution in [-0.4, -0.2) is 26.6 Å². The van der Waals surface area contributed by atoms with Gasteiger partial charge in [-0.3, -0.25) is 9.52 Å². The Kier molecular flexibility index (Phi) is 5.90. The van der Waals surface area contributed by atoms with Crippen molar-refractivity contribution in [2.24, 2.45) is 5.92 Å². The van der Waals surface area contributed by atoms with Gasteiger partial charge in [0, 0.05) is 12.2 Å². The molecule has 2 aliphatic rings. The van der Waals surface area contributed by atoms with Crippen LogP contribution in [0, 0.1) is 5.92 Å². The van der Waals surface area contributed by atoms with Crippen LogP contribution < -0.4 is 10.0 Å². The van der Waals surface area contributed by atoms with Crippen LogP contribution in [-0.2, 0) is 20.2 Å². The number of benzene rings is 1. The van der Waals surface area contributed by atoms with E-state index in [2.05, 4.69) is 10.0 Å². The molecule has 2 N–H and O–H groups in total. The molecule has 2 aliphatic carbocycles. The molecule has 5 nitrogen and oxygen atoms in total. The highest BCUT2D eigenvalue weighted by molar-refractivity contribution is 7.92. The number of rotatable bonds is 7. The summed E-state index contributed by atoms with van der Waals surface area (Å²) in [6, 6.07) is 7.31. The lowest BCUT2D eigenvalue weighted by atomic mass is 9.63. The first-order valence-electron chi connectivity index (χ1n) is 9.84. The van der Waals surface area contributed by atoms with Crippen LogP contribution in [0.3, 0.4) is 0 Å². The maximum Gasteiger partial charge on any atom is 0.232 e. The standard InChI is InChI=1S/C20H30N2O3S/c1-2-26(24,25)22-18-11-9-17(10-12-18)20(13-6-14-20)19(23)21-15-16-7-4-3-5-8-16/h9-12,16,22H,2-8,13-15H2,1H3,(H,21,23). The molecule has 26 heavy (non-hydrogen) atoms. The fourth-order valence-corrected chi connectivity index (χ4v) is 4.72. The molecule has 0 heterocycles. The molecule has 0 unspecified atom stereocenters. The van der Waals surface area contributed by atoms with Gasteiger partial charge in [0.1, 0.15) is 0 Å². The first-order chi connectivity index (χ1) is 12.5. The third kappa shape index (κ3) is 4.22. The summed E-state index contributed by atoms with van der Waals surface area (Å²) < 4.78 is 25.9. The number of carbonyl (C=O) groups is 1. The SMILES string of the molecule is CCS(=O)(=O)Nc1ccc(C2(C(=O)NCC3CCCCC3)CCC2)cc1. The third-order valence-electron chi connectivity index (χ3n) is 6.01. The average molecular weight is 379 g/mol. The van der Waals surface area contributed by atoms with Crippen molar-refractivity contribution in [3.05, 3.63) is 29.8 Å². The zero-order chi connectivity index (χ0) is 18.6. The number of hydrogen-bond donors (Lipinski definition) is 2. The minimum absolute atomic E-state index is 0.0439. The highest BCUT2D eigenvalue weighted by Gasteiger charge is 2.45. The van der Waals surface area contributed by atoms with E-state index in [4.69, 9.17) is 0 Å². The van der Waals surface area contributed by atoms with Crippen LogP contribution in [0.1, 0.15) is 63.9 Å². The number of sulfonamides is 1. The summed E-state index contributed by atoms with van der Waals surface area (Å²) in [6.45, 7) is 2.39. The van der Waals surface area contributed by atoms with Crippen molar-refractivity contribution < 1.29 is 13.2 Å². The van der Waals surface area contributed by atoms with Gasteiger partial charge in [0.15, 0.2) is 0 Å². The van der Waals surface area contributed by atoms with E-state index >= 15 is 0 Å². The fourth-order valence-electron chi connectivity index (χ4n) is 4.08. The Hall–Kier alpha value is -1.56. The second-order valence-electron chi connectivity index (χ2n) is 7.73. The molecule has 0 aromatic heterocycles. The van der Waals surface area contributed by atoms with E-state index in [-0.39, 0.29) is 11.7 Å². The summed E-state index contributed by atoms with van der Waals surface area (Å²) in [5.41, 5.74) is 1.11. The van der Waals surface area contributed by atoms with Gasteiger partial charge in [-0.05, 0) is 56.2 Å². The monoisotopic (exact) mass is 378 g/mol. The molecule has 0 bridgehead atoms. The molecular weight excluding hydrogens is 348 g/mol. The second-order valence-corrected chi connectivity index (χ2v) is 9.74. The van der Waals surface area contributed by atoms with Crippen LogP contribution in [0.15, 0.2) is 24.3 Å². The number of nitrogens with one attached hydrogen (secondary N) is 2. The fraction of sp³-hybridized carbons (Fsp3) is 0.650. The Balaban J connectivity index is 1.65. The molecule has 1 amide bonds. The van der Waals surface area contributed by atoms with Gasteiger partial charge < -0.3 is 5.32 Å². The minimum Gasteiger partial charge on any atom is -0.355 e. The van der Waals surface area contributed by atoms with E-state index in [1.165, 1.54) is 32.1 Å². The van der Waals surface area contributed by atoms with Gasteiger partial charge >= 0.3 is 0 Å².